The first-order valence-corrected chi connectivity index (χ1v) is 5.74. The predicted molar refractivity (Wildman–Crippen MR) is 63.3 cm³/mol. The number of aromatic nitrogens is 3. The molecule has 0 aliphatic carbocycles. The molecule has 2 heterocycles. The van der Waals surface area contributed by atoms with Crippen molar-refractivity contribution >= 4 is 5.95 Å². The van der Waals surface area contributed by atoms with Gasteiger partial charge in [-0.3, -0.25) is 0 Å². The molecule has 0 amide bonds. The molecule has 0 saturated carbocycles. The molecule has 0 radical (unpaired) electrons. The van der Waals surface area contributed by atoms with E-state index in [4.69, 9.17) is 5.73 Å². The molecule has 0 aromatic carbocycles. The summed E-state index contributed by atoms with van der Waals surface area (Å²) in [4.78, 5) is 6.60. The number of anilines is 1. The van der Waals surface area contributed by atoms with Gasteiger partial charge in [0.05, 0.1) is 11.4 Å². The highest BCUT2D eigenvalue weighted by molar-refractivity contribution is 5.31. The summed E-state index contributed by atoms with van der Waals surface area (Å²) in [6.07, 6.45) is 1.08. The molecule has 2 N–H and O–H groups in total. The Kier molecular flexibility index (Phi) is 3.05. The van der Waals surface area contributed by atoms with Crippen molar-refractivity contribution in [1.29, 1.82) is 0 Å². The van der Waals surface area contributed by atoms with Gasteiger partial charge in [-0.15, -0.1) is 5.10 Å². The van der Waals surface area contributed by atoms with E-state index in [9.17, 15) is 0 Å². The lowest BCUT2D eigenvalue weighted by molar-refractivity contribution is 0.396. The molecule has 2 unspecified atom stereocenters. The second kappa shape index (κ2) is 4.33. The lowest BCUT2D eigenvalue weighted by atomic mass is 9.97. The molecule has 1 aliphatic heterocycles. The summed E-state index contributed by atoms with van der Waals surface area (Å²) >= 11 is 0. The van der Waals surface area contributed by atoms with Gasteiger partial charge in [0, 0.05) is 19.1 Å². The number of aryl methyl sites for hydroxylation is 2. The van der Waals surface area contributed by atoms with Crippen LogP contribution in [-0.2, 0) is 0 Å². The molecule has 16 heavy (non-hydrogen) atoms. The van der Waals surface area contributed by atoms with Crippen molar-refractivity contribution < 1.29 is 0 Å². The Labute approximate surface area is 96.1 Å². The van der Waals surface area contributed by atoms with E-state index in [1.807, 2.05) is 13.8 Å². The fourth-order valence-electron chi connectivity index (χ4n) is 2.14. The van der Waals surface area contributed by atoms with Crippen molar-refractivity contribution in [2.75, 3.05) is 18.0 Å². The van der Waals surface area contributed by atoms with Crippen LogP contribution in [0.5, 0.6) is 0 Å². The highest BCUT2D eigenvalue weighted by Crippen LogP contribution is 2.19. The first-order valence-electron chi connectivity index (χ1n) is 5.74. The Morgan fingerprint density at radius 3 is 2.56 bits per heavy atom. The Balaban J connectivity index is 2.19. The molecular formula is C11H19N5. The fourth-order valence-corrected chi connectivity index (χ4v) is 2.14. The van der Waals surface area contributed by atoms with E-state index in [2.05, 4.69) is 27.0 Å². The molecule has 1 aliphatic rings. The van der Waals surface area contributed by atoms with Gasteiger partial charge in [0.15, 0.2) is 0 Å². The first kappa shape index (κ1) is 11.3. The number of rotatable bonds is 1. The standard InChI is InChI=1S/C11H19N5/c1-7-4-10(12)6-16(5-7)11-13-8(2)9(3)14-15-11/h7,10H,4-6,12H2,1-3H3. The highest BCUT2D eigenvalue weighted by Gasteiger charge is 2.24. The van der Waals surface area contributed by atoms with E-state index in [0.29, 0.717) is 11.9 Å². The van der Waals surface area contributed by atoms with Gasteiger partial charge in [0.25, 0.3) is 0 Å². The van der Waals surface area contributed by atoms with Gasteiger partial charge in [0.1, 0.15) is 0 Å². The minimum Gasteiger partial charge on any atom is -0.338 e. The summed E-state index contributed by atoms with van der Waals surface area (Å²) in [5, 5.41) is 8.25. The van der Waals surface area contributed by atoms with E-state index in [1.165, 1.54) is 0 Å². The van der Waals surface area contributed by atoms with Gasteiger partial charge in [-0.1, -0.05) is 6.92 Å². The Morgan fingerprint density at radius 1 is 1.19 bits per heavy atom. The van der Waals surface area contributed by atoms with Crippen LogP contribution in [0, 0.1) is 19.8 Å². The monoisotopic (exact) mass is 221 g/mol. The molecule has 1 aromatic rings. The molecule has 1 fully saturated rings. The molecule has 5 nitrogen and oxygen atoms in total. The quantitative estimate of drug-likeness (QED) is 0.754. The van der Waals surface area contributed by atoms with Crippen LogP contribution < -0.4 is 10.6 Å². The molecule has 0 spiro atoms. The maximum atomic E-state index is 6.00. The van der Waals surface area contributed by atoms with Crippen LogP contribution >= 0.6 is 0 Å². The average molecular weight is 221 g/mol. The van der Waals surface area contributed by atoms with E-state index in [0.717, 1.165) is 30.9 Å². The zero-order valence-electron chi connectivity index (χ0n) is 10.1. The van der Waals surface area contributed by atoms with Gasteiger partial charge in [-0.2, -0.15) is 5.10 Å². The van der Waals surface area contributed by atoms with Crippen molar-refractivity contribution in [3.05, 3.63) is 11.4 Å². The summed E-state index contributed by atoms with van der Waals surface area (Å²) in [5.41, 5.74) is 7.83. The lowest BCUT2D eigenvalue weighted by Gasteiger charge is -2.34. The third-order valence-corrected chi connectivity index (χ3v) is 3.06. The molecule has 2 atom stereocenters. The van der Waals surface area contributed by atoms with Gasteiger partial charge in [-0.25, -0.2) is 4.98 Å². The molecular weight excluding hydrogens is 202 g/mol. The minimum atomic E-state index is 0.217. The largest absolute Gasteiger partial charge is 0.338 e. The Morgan fingerprint density at radius 2 is 1.94 bits per heavy atom. The number of hydrogen-bond acceptors (Lipinski definition) is 5. The number of nitrogens with zero attached hydrogens (tertiary/aromatic N) is 4. The number of hydrogen-bond donors (Lipinski definition) is 1. The summed E-state index contributed by atoms with van der Waals surface area (Å²) in [6.45, 7) is 7.89. The van der Waals surface area contributed by atoms with Crippen molar-refractivity contribution in [3.63, 3.8) is 0 Å². The van der Waals surface area contributed by atoms with E-state index < -0.39 is 0 Å². The third-order valence-electron chi connectivity index (χ3n) is 3.06. The number of piperidine rings is 1. The minimum absolute atomic E-state index is 0.217. The van der Waals surface area contributed by atoms with Crippen LogP contribution in [-0.4, -0.2) is 34.3 Å². The van der Waals surface area contributed by atoms with Crippen LogP contribution in [0.2, 0.25) is 0 Å². The summed E-state index contributed by atoms with van der Waals surface area (Å²) in [5.74, 6) is 1.30. The highest BCUT2D eigenvalue weighted by atomic mass is 15.3. The SMILES string of the molecule is Cc1nnc(N2CC(C)CC(N)C2)nc1C. The third kappa shape index (κ3) is 2.29. The van der Waals surface area contributed by atoms with Crippen LogP contribution in [0.1, 0.15) is 24.7 Å². The van der Waals surface area contributed by atoms with E-state index in [1.54, 1.807) is 0 Å². The molecule has 0 bridgehead atoms. The zero-order valence-corrected chi connectivity index (χ0v) is 10.1. The van der Waals surface area contributed by atoms with Gasteiger partial charge >= 0.3 is 0 Å². The second-order valence-corrected chi connectivity index (χ2v) is 4.79. The van der Waals surface area contributed by atoms with Gasteiger partial charge in [-0.05, 0) is 26.2 Å². The number of nitrogens with two attached hydrogens (primary N) is 1. The molecule has 1 aromatic heterocycles. The molecule has 2 rings (SSSR count). The Bertz CT molecular complexity index is 369. The van der Waals surface area contributed by atoms with E-state index >= 15 is 0 Å². The Hall–Kier alpha value is -1.23. The lowest BCUT2D eigenvalue weighted by Crippen LogP contribution is -2.47. The topological polar surface area (TPSA) is 67.9 Å². The van der Waals surface area contributed by atoms with Crippen LogP contribution in [0.15, 0.2) is 0 Å². The smallest absolute Gasteiger partial charge is 0.245 e. The second-order valence-electron chi connectivity index (χ2n) is 4.79. The fraction of sp³-hybridized carbons (Fsp3) is 0.727. The maximum Gasteiger partial charge on any atom is 0.245 e. The molecule has 5 heteroatoms. The first-order chi connectivity index (χ1) is 7.56. The van der Waals surface area contributed by atoms with Crippen LogP contribution in [0.25, 0.3) is 0 Å². The zero-order chi connectivity index (χ0) is 11.7. The molecule has 88 valence electrons. The molecule has 1 saturated heterocycles. The van der Waals surface area contributed by atoms with Crippen LogP contribution in [0.4, 0.5) is 5.95 Å². The normalized spacial score (nSPS) is 25.9. The maximum absolute atomic E-state index is 6.00. The van der Waals surface area contributed by atoms with E-state index in [-0.39, 0.29) is 6.04 Å². The summed E-state index contributed by atoms with van der Waals surface area (Å²) in [7, 11) is 0. The summed E-state index contributed by atoms with van der Waals surface area (Å²) < 4.78 is 0. The van der Waals surface area contributed by atoms with Gasteiger partial charge < -0.3 is 10.6 Å². The van der Waals surface area contributed by atoms with Crippen molar-refractivity contribution in [3.8, 4) is 0 Å². The van der Waals surface area contributed by atoms with Crippen LogP contribution in [0.3, 0.4) is 0 Å². The summed E-state index contributed by atoms with van der Waals surface area (Å²) in [6, 6.07) is 0.217. The van der Waals surface area contributed by atoms with Gasteiger partial charge in [0.2, 0.25) is 5.95 Å². The predicted octanol–water partition coefficient (Wildman–Crippen LogP) is 0.662. The van der Waals surface area contributed by atoms with Crippen molar-refractivity contribution in [2.45, 2.75) is 33.2 Å². The van der Waals surface area contributed by atoms with Crippen molar-refractivity contribution in [1.82, 2.24) is 15.2 Å². The average Bonchev–Trinajstić information content (AvgIpc) is 2.20. The van der Waals surface area contributed by atoms with Crippen molar-refractivity contribution in [2.24, 2.45) is 11.7 Å².